The lowest BCUT2D eigenvalue weighted by Gasteiger charge is -2.43. The second-order valence-corrected chi connectivity index (χ2v) is 12.6. The zero-order valence-electron chi connectivity index (χ0n) is 24.9. The molecule has 1 aliphatic heterocycles. The van der Waals surface area contributed by atoms with Gasteiger partial charge in [0.05, 0.1) is 23.1 Å². The number of amides is 2. The monoisotopic (exact) mass is 573 g/mol. The van der Waals surface area contributed by atoms with E-state index in [4.69, 9.17) is 0 Å². The summed E-state index contributed by atoms with van der Waals surface area (Å²) in [6, 6.07) is 15.5. The van der Waals surface area contributed by atoms with Crippen molar-refractivity contribution in [1.82, 2.24) is 14.4 Å². The van der Waals surface area contributed by atoms with Crippen molar-refractivity contribution < 1.29 is 19.1 Å². The number of aromatic nitrogens is 1. The van der Waals surface area contributed by atoms with Gasteiger partial charge in [0.2, 0.25) is 5.91 Å². The molecule has 2 amide bonds. The molecule has 7 nitrogen and oxygen atoms in total. The Bertz CT molecular complexity index is 1560. The minimum Gasteiger partial charge on any atom is -0.388 e. The number of piperidine rings is 1. The molecule has 42 heavy (non-hydrogen) atoms. The molecular weight excluding hydrogens is 533 g/mol. The quantitative estimate of drug-likeness (QED) is 0.464. The Labute approximate surface area is 246 Å². The first-order valence-electron chi connectivity index (χ1n) is 14.8. The van der Waals surface area contributed by atoms with Crippen LogP contribution in [0.1, 0.15) is 61.5 Å². The van der Waals surface area contributed by atoms with Gasteiger partial charge < -0.3 is 19.5 Å². The number of aliphatic hydroxyl groups is 1. The van der Waals surface area contributed by atoms with Gasteiger partial charge in [-0.05, 0) is 63.1 Å². The van der Waals surface area contributed by atoms with E-state index in [9.17, 15) is 23.9 Å². The molecule has 8 heteroatoms. The predicted molar refractivity (Wildman–Crippen MR) is 161 cm³/mol. The van der Waals surface area contributed by atoms with Gasteiger partial charge in [-0.25, -0.2) is 4.39 Å². The molecule has 1 N–H and O–H groups in total. The molecule has 2 aliphatic rings. The van der Waals surface area contributed by atoms with E-state index in [1.807, 2.05) is 37.8 Å². The van der Waals surface area contributed by atoms with E-state index in [0.717, 1.165) is 12.8 Å². The van der Waals surface area contributed by atoms with E-state index in [1.165, 1.54) is 38.9 Å². The third-order valence-electron chi connectivity index (χ3n) is 9.22. The molecule has 0 unspecified atom stereocenters. The van der Waals surface area contributed by atoms with Crippen molar-refractivity contribution in [1.29, 1.82) is 0 Å². The molecular formula is C34H40FN3O4. The summed E-state index contributed by atoms with van der Waals surface area (Å²) in [7, 11) is 1.67. The number of pyridine rings is 1. The molecule has 3 aromatic rings. The van der Waals surface area contributed by atoms with Gasteiger partial charge in [-0.3, -0.25) is 14.4 Å². The topological polar surface area (TPSA) is 82.8 Å². The van der Waals surface area contributed by atoms with E-state index < -0.39 is 22.4 Å². The highest BCUT2D eigenvalue weighted by Crippen LogP contribution is 2.38. The minimum absolute atomic E-state index is 0.0261. The summed E-state index contributed by atoms with van der Waals surface area (Å²) in [4.78, 5) is 43.8. The Morgan fingerprint density at radius 1 is 1.00 bits per heavy atom. The fourth-order valence-corrected chi connectivity index (χ4v) is 6.25. The van der Waals surface area contributed by atoms with Crippen molar-refractivity contribution in [3.8, 4) is 11.1 Å². The number of halogens is 1. The number of nitrogens with zero attached hydrogens (tertiary/aromatic N) is 3. The standard InChI is InChI=1S/C34H40FN3O4/c1-23(2)36(4)31(40)28-21-38(30(39)19-27(28)26-11-7-8-12-29(26)35)22-34(42)15-17-37(18-16-34)32(41)33(3)14-13-24-9-5-6-10-25(24)20-33/h5-12,19,21,23,42H,13-18,20,22H2,1-4H3/t33-/m0/s1. The van der Waals surface area contributed by atoms with Crippen LogP contribution in [0.15, 0.2) is 65.6 Å². The summed E-state index contributed by atoms with van der Waals surface area (Å²) in [6.45, 7) is 6.53. The lowest BCUT2D eigenvalue weighted by Crippen LogP contribution is -2.53. The summed E-state index contributed by atoms with van der Waals surface area (Å²) in [5.41, 5.74) is 0.966. The van der Waals surface area contributed by atoms with Gasteiger partial charge in [0, 0.05) is 49.6 Å². The van der Waals surface area contributed by atoms with Crippen LogP contribution in [0.3, 0.4) is 0 Å². The smallest absolute Gasteiger partial charge is 0.255 e. The number of fused-ring (bicyclic) bond motifs is 1. The average molecular weight is 574 g/mol. The van der Waals surface area contributed by atoms with Crippen molar-refractivity contribution in [2.75, 3.05) is 20.1 Å². The van der Waals surface area contributed by atoms with Crippen molar-refractivity contribution in [3.63, 3.8) is 0 Å². The fourth-order valence-electron chi connectivity index (χ4n) is 6.25. The van der Waals surface area contributed by atoms with Gasteiger partial charge in [0.25, 0.3) is 11.5 Å². The molecule has 1 saturated heterocycles. The number of carbonyl (C=O) groups excluding carboxylic acids is 2. The van der Waals surface area contributed by atoms with Gasteiger partial charge in [0.1, 0.15) is 5.82 Å². The summed E-state index contributed by atoms with van der Waals surface area (Å²) in [5, 5.41) is 11.6. The van der Waals surface area contributed by atoms with Crippen molar-refractivity contribution in [2.45, 2.75) is 71.1 Å². The van der Waals surface area contributed by atoms with E-state index in [-0.39, 0.29) is 41.1 Å². The normalized spacial score (nSPS) is 19.8. The van der Waals surface area contributed by atoms with Gasteiger partial charge >= 0.3 is 0 Å². The first kappa shape index (κ1) is 29.7. The van der Waals surface area contributed by atoms with Gasteiger partial charge in [-0.15, -0.1) is 0 Å². The number of aryl methyl sites for hydroxylation is 1. The van der Waals surface area contributed by atoms with Crippen LogP contribution in [0.25, 0.3) is 11.1 Å². The second kappa shape index (κ2) is 11.5. The Kier molecular flexibility index (Phi) is 8.12. The zero-order valence-corrected chi connectivity index (χ0v) is 24.9. The summed E-state index contributed by atoms with van der Waals surface area (Å²) < 4.78 is 16.1. The molecule has 0 saturated carbocycles. The molecule has 0 bridgehead atoms. The molecule has 0 radical (unpaired) electrons. The molecule has 2 heterocycles. The van der Waals surface area contributed by atoms with Gasteiger partial charge in [0.15, 0.2) is 0 Å². The van der Waals surface area contributed by atoms with E-state index in [2.05, 4.69) is 12.1 Å². The van der Waals surface area contributed by atoms with E-state index in [0.29, 0.717) is 32.4 Å². The van der Waals surface area contributed by atoms with Crippen LogP contribution in [-0.2, 0) is 24.2 Å². The van der Waals surface area contributed by atoms with Crippen LogP contribution >= 0.6 is 0 Å². The fraction of sp³-hybridized carbons (Fsp3) is 0.441. The molecule has 5 rings (SSSR count). The lowest BCUT2D eigenvalue weighted by atomic mass is 9.71. The summed E-state index contributed by atoms with van der Waals surface area (Å²) in [6.07, 6.45) is 4.42. The molecule has 1 fully saturated rings. The number of hydrogen-bond donors (Lipinski definition) is 1. The number of hydrogen-bond acceptors (Lipinski definition) is 4. The Morgan fingerprint density at radius 3 is 2.31 bits per heavy atom. The number of rotatable bonds is 6. The lowest BCUT2D eigenvalue weighted by molar-refractivity contribution is -0.146. The molecule has 1 aromatic heterocycles. The van der Waals surface area contributed by atoms with Crippen LogP contribution in [0, 0.1) is 11.2 Å². The molecule has 1 atom stereocenters. The van der Waals surface area contributed by atoms with Crippen molar-refractivity contribution >= 4 is 11.8 Å². The van der Waals surface area contributed by atoms with Crippen LogP contribution in [0.4, 0.5) is 4.39 Å². The molecule has 2 aromatic carbocycles. The van der Waals surface area contributed by atoms with E-state index in [1.54, 1.807) is 25.2 Å². The second-order valence-electron chi connectivity index (χ2n) is 12.6. The average Bonchev–Trinajstić information content (AvgIpc) is 2.97. The Morgan fingerprint density at radius 2 is 1.64 bits per heavy atom. The molecule has 222 valence electrons. The molecule has 0 spiro atoms. The zero-order chi connectivity index (χ0) is 30.2. The first-order chi connectivity index (χ1) is 19.9. The number of benzene rings is 2. The van der Waals surface area contributed by atoms with Crippen LogP contribution in [0.2, 0.25) is 0 Å². The summed E-state index contributed by atoms with van der Waals surface area (Å²) in [5.74, 6) is -0.761. The van der Waals surface area contributed by atoms with Crippen LogP contribution in [0.5, 0.6) is 0 Å². The van der Waals surface area contributed by atoms with Crippen molar-refractivity contribution in [3.05, 3.63) is 93.7 Å². The highest BCUT2D eigenvalue weighted by Gasteiger charge is 2.42. The summed E-state index contributed by atoms with van der Waals surface area (Å²) >= 11 is 0. The number of carbonyl (C=O) groups is 2. The highest BCUT2D eigenvalue weighted by atomic mass is 19.1. The maximum absolute atomic E-state index is 14.8. The Hall–Kier alpha value is -3.78. The highest BCUT2D eigenvalue weighted by molar-refractivity contribution is 6.00. The SMILES string of the molecule is CC(C)N(C)C(=O)c1cn(CC2(O)CCN(C(=O)[C@@]3(C)CCc4ccccc4C3)CC2)c(=O)cc1-c1ccccc1F. The number of likely N-dealkylation sites (tertiary alicyclic amines) is 1. The first-order valence-corrected chi connectivity index (χ1v) is 14.8. The van der Waals surface area contributed by atoms with E-state index >= 15 is 0 Å². The van der Waals surface area contributed by atoms with Crippen molar-refractivity contribution in [2.24, 2.45) is 5.41 Å². The van der Waals surface area contributed by atoms with Crippen LogP contribution in [-0.4, -0.2) is 63.1 Å². The minimum atomic E-state index is -1.23. The maximum atomic E-state index is 14.8. The Balaban J connectivity index is 1.36. The molecule has 1 aliphatic carbocycles. The largest absolute Gasteiger partial charge is 0.388 e. The maximum Gasteiger partial charge on any atom is 0.255 e. The van der Waals surface area contributed by atoms with Crippen LogP contribution < -0.4 is 5.56 Å². The third-order valence-corrected chi connectivity index (χ3v) is 9.22. The van der Waals surface area contributed by atoms with Gasteiger partial charge in [-0.1, -0.05) is 49.4 Å². The third kappa shape index (κ3) is 5.77. The van der Waals surface area contributed by atoms with Gasteiger partial charge in [-0.2, -0.15) is 0 Å². The predicted octanol–water partition coefficient (Wildman–Crippen LogP) is 4.68.